The molecule has 2 N–H and O–H groups in total. The van der Waals surface area contributed by atoms with E-state index in [1.165, 1.54) is 22.3 Å². The van der Waals surface area contributed by atoms with Crippen LogP contribution in [0.1, 0.15) is 51.6 Å². The number of para-hydroxylation sites is 1. The third kappa shape index (κ3) is 7.16. The summed E-state index contributed by atoms with van der Waals surface area (Å²) < 4.78 is 8.22. The zero-order valence-corrected chi connectivity index (χ0v) is 24.8. The Kier molecular flexibility index (Phi) is 9.16. The Labute approximate surface area is 257 Å². The van der Waals surface area contributed by atoms with Gasteiger partial charge in [0.15, 0.2) is 0 Å². The summed E-state index contributed by atoms with van der Waals surface area (Å²) in [5.41, 5.74) is 7.56. The minimum Gasteiger partial charge on any atom is -0.492 e. The summed E-state index contributed by atoms with van der Waals surface area (Å²) in [5, 5.41) is 7.49. The van der Waals surface area contributed by atoms with E-state index in [0.29, 0.717) is 31.0 Å². The fourth-order valence-corrected chi connectivity index (χ4v) is 5.68. The van der Waals surface area contributed by atoms with Crippen molar-refractivity contribution in [3.8, 4) is 16.9 Å². The van der Waals surface area contributed by atoms with Crippen LogP contribution in [0.15, 0.2) is 110 Å². The highest BCUT2D eigenvalue weighted by Crippen LogP contribution is 2.35. The van der Waals surface area contributed by atoms with Gasteiger partial charge in [-0.1, -0.05) is 90.5 Å². The maximum atomic E-state index is 13.1. The van der Waals surface area contributed by atoms with Gasteiger partial charge in [0, 0.05) is 48.9 Å². The van der Waals surface area contributed by atoms with Crippen LogP contribution >= 0.6 is 11.6 Å². The molecule has 2 heterocycles. The van der Waals surface area contributed by atoms with Gasteiger partial charge in [-0.3, -0.25) is 4.79 Å². The first kappa shape index (κ1) is 28.7. The summed E-state index contributed by atoms with van der Waals surface area (Å²) in [5.74, 6) is 0.568. The quantitative estimate of drug-likeness (QED) is 0.159. The van der Waals surface area contributed by atoms with Gasteiger partial charge in [-0.2, -0.15) is 0 Å². The lowest BCUT2D eigenvalue weighted by atomic mass is 9.97. The first-order chi connectivity index (χ1) is 21.1. The van der Waals surface area contributed by atoms with E-state index in [0.717, 1.165) is 42.1 Å². The highest BCUT2D eigenvalue weighted by atomic mass is 35.5. The molecule has 6 nitrogen and oxygen atoms in total. The van der Waals surface area contributed by atoms with Crippen LogP contribution in [0, 0.1) is 0 Å². The highest BCUT2D eigenvalue weighted by molar-refractivity contribution is 6.30. The number of halogens is 1. The van der Waals surface area contributed by atoms with Crippen molar-refractivity contribution < 1.29 is 9.53 Å². The van der Waals surface area contributed by atoms with Gasteiger partial charge < -0.3 is 19.9 Å². The second kappa shape index (κ2) is 13.7. The predicted octanol–water partition coefficient (Wildman–Crippen LogP) is 7.23. The molecule has 1 unspecified atom stereocenters. The van der Waals surface area contributed by atoms with Crippen molar-refractivity contribution in [2.45, 2.75) is 38.4 Å². The normalized spacial score (nSPS) is 14.1. The summed E-state index contributed by atoms with van der Waals surface area (Å²) in [7, 11) is 0. The maximum absolute atomic E-state index is 13.1. The average molecular weight is 591 g/mol. The molecule has 43 heavy (non-hydrogen) atoms. The number of nitrogens with one attached hydrogen (secondary N) is 2. The number of benzene rings is 4. The van der Waals surface area contributed by atoms with E-state index in [1.54, 1.807) is 0 Å². The molecule has 0 spiro atoms. The highest BCUT2D eigenvalue weighted by Gasteiger charge is 2.26. The van der Waals surface area contributed by atoms with Crippen LogP contribution in [0.3, 0.4) is 0 Å². The Morgan fingerprint density at radius 2 is 1.67 bits per heavy atom. The molecule has 0 saturated heterocycles. The SMILES string of the molecule is O=C(NCCCc1ccc(Cl)cc1)c1cccc2c1OCCC2NCc1cncn1Cc1ccc(-c2ccccc2)cc1. The average Bonchev–Trinajstić information content (AvgIpc) is 3.50. The minimum atomic E-state index is -0.107. The van der Waals surface area contributed by atoms with Crippen LogP contribution in [0.4, 0.5) is 0 Å². The number of carbonyl (C=O) groups excluding carboxylic acids is 1. The summed E-state index contributed by atoms with van der Waals surface area (Å²) in [6.45, 7) is 2.55. The number of carbonyl (C=O) groups is 1. The number of hydrogen-bond acceptors (Lipinski definition) is 4. The number of fused-ring (bicyclic) bond motifs is 1. The monoisotopic (exact) mass is 590 g/mol. The molecular formula is C36H35ClN4O2. The van der Waals surface area contributed by atoms with Crippen LogP contribution in [0.2, 0.25) is 5.02 Å². The van der Waals surface area contributed by atoms with Crippen molar-refractivity contribution in [3.05, 3.63) is 143 Å². The molecule has 1 atom stereocenters. The predicted molar refractivity (Wildman–Crippen MR) is 171 cm³/mol. The van der Waals surface area contributed by atoms with E-state index in [4.69, 9.17) is 16.3 Å². The summed E-state index contributed by atoms with van der Waals surface area (Å²) in [6, 6.07) is 32.9. The van der Waals surface area contributed by atoms with Crippen molar-refractivity contribution in [2.75, 3.05) is 13.2 Å². The van der Waals surface area contributed by atoms with E-state index in [1.807, 2.05) is 55.0 Å². The summed E-state index contributed by atoms with van der Waals surface area (Å²) in [4.78, 5) is 17.5. The van der Waals surface area contributed by atoms with Gasteiger partial charge >= 0.3 is 0 Å². The van der Waals surface area contributed by atoms with Gasteiger partial charge in [0.1, 0.15) is 5.75 Å². The molecule has 1 aliphatic heterocycles. The fraction of sp³-hybridized carbons (Fsp3) is 0.222. The maximum Gasteiger partial charge on any atom is 0.255 e. The number of nitrogens with zero attached hydrogens (tertiary/aromatic N) is 2. The molecule has 0 bridgehead atoms. The van der Waals surface area contributed by atoms with Crippen molar-refractivity contribution in [3.63, 3.8) is 0 Å². The van der Waals surface area contributed by atoms with E-state index in [2.05, 4.69) is 74.8 Å². The Balaban J connectivity index is 1.05. The molecule has 0 aliphatic carbocycles. The second-order valence-electron chi connectivity index (χ2n) is 10.9. The van der Waals surface area contributed by atoms with Gasteiger partial charge in [-0.15, -0.1) is 0 Å². The van der Waals surface area contributed by atoms with Gasteiger partial charge in [-0.05, 0) is 53.3 Å². The lowest BCUT2D eigenvalue weighted by Gasteiger charge is -2.28. The van der Waals surface area contributed by atoms with E-state index in [-0.39, 0.29) is 11.9 Å². The van der Waals surface area contributed by atoms with Crippen molar-refractivity contribution >= 4 is 17.5 Å². The zero-order chi connectivity index (χ0) is 29.4. The van der Waals surface area contributed by atoms with Gasteiger partial charge in [0.25, 0.3) is 5.91 Å². The third-order valence-corrected chi connectivity index (χ3v) is 8.15. The molecule has 7 heteroatoms. The third-order valence-electron chi connectivity index (χ3n) is 7.90. The molecule has 1 aromatic heterocycles. The fourth-order valence-electron chi connectivity index (χ4n) is 5.55. The van der Waals surface area contributed by atoms with E-state index in [9.17, 15) is 4.79 Å². The summed E-state index contributed by atoms with van der Waals surface area (Å²) in [6.07, 6.45) is 6.35. The first-order valence-electron chi connectivity index (χ1n) is 14.8. The lowest BCUT2D eigenvalue weighted by molar-refractivity contribution is 0.0947. The van der Waals surface area contributed by atoms with Gasteiger partial charge in [0.05, 0.1) is 24.2 Å². The standard InChI is InChI=1S/C36H35ClN4O2/c37-30-17-13-26(14-18-30)6-5-20-39-36(42)33-10-4-9-32-34(19-21-43-35(32)33)40-23-31-22-38-25-41(31)24-27-11-15-29(16-12-27)28-7-2-1-3-8-28/h1-4,7-18,22,25,34,40H,5-6,19-21,23-24H2,(H,39,42). The number of imidazole rings is 1. The van der Waals surface area contributed by atoms with Gasteiger partial charge in [-0.25, -0.2) is 4.98 Å². The van der Waals surface area contributed by atoms with Crippen LogP contribution in [0.25, 0.3) is 11.1 Å². The topological polar surface area (TPSA) is 68.2 Å². The molecule has 218 valence electrons. The molecule has 0 fully saturated rings. The van der Waals surface area contributed by atoms with Gasteiger partial charge in [0.2, 0.25) is 0 Å². The molecule has 0 radical (unpaired) electrons. The molecule has 4 aromatic carbocycles. The number of amides is 1. The minimum absolute atomic E-state index is 0.0786. The Morgan fingerprint density at radius 1 is 0.907 bits per heavy atom. The molecule has 5 aromatic rings. The first-order valence-corrected chi connectivity index (χ1v) is 15.2. The zero-order valence-electron chi connectivity index (χ0n) is 24.0. The Bertz CT molecular complexity index is 1650. The van der Waals surface area contributed by atoms with Crippen molar-refractivity contribution in [2.24, 2.45) is 0 Å². The molecule has 1 amide bonds. The van der Waals surface area contributed by atoms with Crippen LogP contribution < -0.4 is 15.4 Å². The van der Waals surface area contributed by atoms with Crippen LogP contribution in [0.5, 0.6) is 5.75 Å². The molecule has 6 rings (SSSR count). The lowest BCUT2D eigenvalue weighted by Crippen LogP contribution is -2.30. The smallest absolute Gasteiger partial charge is 0.255 e. The second-order valence-corrected chi connectivity index (χ2v) is 11.3. The number of aryl methyl sites for hydroxylation is 1. The van der Waals surface area contributed by atoms with Crippen molar-refractivity contribution in [1.29, 1.82) is 0 Å². The Hall–Kier alpha value is -4.39. The number of ether oxygens (including phenoxy) is 1. The van der Waals surface area contributed by atoms with Crippen LogP contribution in [-0.4, -0.2) is 28.6 Å². The molecule has 0 saturated carbocycles. The Morgan fingerprint density at radius 3 is 2.49 bits per heavy atom. The molecular weight excluding hydrogens is 556 g/mol. The van der Waals surface area contributed by atoms with E-state index < -0.39 is 0 Å². The number of aromatic nitrogens is 2. The summed E-state index contributed by atoms with van der Waals surface area (Å²) >= 11 is 5.98. The largest absolute Gasteiger partial charge is 0.492 e. The number of hydrogen-bond donors (Lipinski definition) is 2. The van der Waals surface area contributed by atoms with E-state index >= 15 is 0 Å². The van der Waals surface area contributed by atoms with Crippen molar-refractivity contribution in [1.82, 2.24) is 20.2 Å². The molecule has 1 aliphatic rings. The van der Waals surface area contributed by atoms with Crippen LogP contribution in [-0.2, 0) is 19.5 Å². The number of rotatable bonds is 11.